The lowest BCUT2D eigenvalue weighted by Gasteiger charge is -2.09. The molecule has 0 aliphatic rings. The smallest absolute Gasteiger partial charge is 0.252 e. The first-order valence-corrected chi connectivity index (χ1v) is 7.67. The van der Waals surface area contributed by atoms with Crippen LogP contribution >= 0.6 is 15.9 Å². The van der Waals surface area contributed by atoms with E-state index in [0.29, 0.717) is 37.6 Å². The normalized spacial score (nSPS) is 10.5. The van der Waals surface area contributed by atoms with Gasteiger partial charge in [-0.05, 0) is 40.2 Å². The fraction of sp³-hybridized carbons (Fsp3) is 0.333. The summed E-state index contributed by atoms with van der Waals surface area (Å²) in [7, 11) is 1.57. The topological polar surface area (TPSA) is 65.4 Å². The number of nitrogens with one attached hydrogen (secondary N) is 1. The molecule has 1 amide bonds. The van der Waals surface area contributed by atoms with Gasteiger partial charge in [-0.2, -0.15) is 5.10 Å². The maximum Gasteiger partial charge on any atom is 0.252 e. The Kier molecular flexibility index (Phi) is 6.42. The molecule has 118 valence electrons. The molecule has 1 heterocycles. The average Bonchev–Trinajstić information content (AvgIpc) is 3.04. The summed E-state index contributed by atoms with van der Waals surface area (Å²) in [6, 6.07) is 7.14. The van der Waals surface area contributed by atoms with E-state index in [2.05, 4.69) is 26.3 Å². The third-order valence-corrected chi connectivity index (χ3v) is 3.67. The molecule has 1 aromatic heterocycles. The van der Waals surface area contributed by atoms with Gasteiger partial charge in [-0.1, -0.05) is 0 Å². The molecule has 0 bridgehead atoms. The second-order valence-corrected chi connectivity index (χ2v) is 5.34. The predicted molar refractivity (Wildman–Crippen MR) is 86.1 cm³/mol. The molecule has 0 aliphatic carbocycles. The highest BCUT2D eigenvalue weighted by atomic mass is 79.9. The van der Waals surface area contributed by atoms with Crippen molar-refractivity contribution in [2.75, 3.05) is 26.9 Å². The van der Waals surface area contributed by atoms with Gasteiger partial charge >= 0.3 is 0 Å². The Morgan fingerprint density at radius 2 is 2.27 bits per heavy atom. The molecule has 2 rings (SSSR count). The molecule has 1 aromatic carbocycles. The first-order chi connectivity index (χ1) is 10.7. The Balaban J connectivity index is 1.69. The number of carbonyl (C=O) groups is 1. The van der Waals surface area contributed by atoms with Crippen molar-refractivity contribution < 1.29 is 14.3 Å². The molecule has 0 spiro atoms. The summed E-state index contributed by atoms with van der Waals surface area (Å²) in [5, 5.41) is 6.89. The minimum absolute atomic E-state index is 0.165. The fourth-order valence-electron chi connectivity index (χ4n) is 1.83. The number of methoxy groups -OCH3 is 1. The highest BCUT2D eigenvalue weighted by molar-refractivity contribution is 9.10. The third-order valence-electron chi connectivity index (χ3n) is 2.97. The second kappa shape index (κ2) is 8.55. The second-order valence-electron chi connectivity index (χ2n) is 4.48. The van der Waals surface area contributed by atoms with Crippen LogP contribution in [0.4, 0.5) is 0 Å². The number of carbonyl (C=O) groups excluding carboxylic acids is 1. The number of rotatable bonds is 8. The molecule has 0 saturated carbocycles. The summed E-state index contributed by atoms with van der Waals surface area (Å²) in [5.41, 5.74) is 0.538. The summed E-state index contributed by atoms with van der Waals surface area (Å²) in [6.45, 7) is 2.15. The Labute approximate surface area is 137 Å². The van der Waals surface area contributed by atoms with Crippen LogP contribution in [-0.2, 0) is 11.3 Å². The van der Waals surface area contributed by atoms with E-state index in [1.165, 1.54) is 0 Å². The molecule has 0 aliphatic heterocycles. The Bertz CT molecular complexity index is 602. The van der Waals surface area contributed by atoms with Crippen LogP contribution in [0.15, 0.2) is 41.1 Å². The zero-order valence-electron chi connectivity index (χ0n) is 12.3. The predicted octanol–water partition coefficient (Wildman–Crippen LogP) is 2.10. The van der Waals surface area contributed by atoms with Crippen molar-refractivity contribution in [1.29, 1.82) is 0 Å². The van der Waals surface area contributed by atoms with Crippen LogP contribution in [0.25, 0.3) is 0 Å². The first kappa shape index (κ1) is 16.5. The third kappa shape index (κ3) is 4.85. The van der Waals surface area contributed by atoms with E-state index >= 15 is 0 Å². The minimum Gasteiger partial charge on any atom is -0.497 e. The molecule has 0 radical (unpaired) electrons. The van der Waals surface area contributed by atoms with Gasteiger partial charge in [-0.15, -0.1) is 0 Å². The number of hydrogen-bond acceptors (Lipinski definition) is 4. The van der Waals surface area contributed by atoms with Crippen molar-refractivity contribution >= 4 is 21.8 Å². The van der Waals surface area contributed by atoms with E-state index in [4.69, 9.17) is 9.47 Å². The quantitative estimate of drug-likeness (QED) is 0.725. The van der Waals surface area contributed by atoms with Crippen molar-refractivity contribution in [2.45, 2.75) is 6.54 Å². The van der Waals surface area contributed by atoms with Gasteiger partial charge in [0.05, 0.1) is 32.4 Å². The van der Waals surface area contributed by atoms with Crippen molar-refractivity contribution in [3.05, 3.63) is 46.7 Å². The van der Waals surface area contributed by atoms with E-state index in [1.54, 1.807) is 36.2 Å². The maximum atomic E-state index is 12.1. The Hall–Kier alpha value is -1.86. The number of benzene rings is 1. The van der Waals surface area contributed by atoms with E-state index < -0.39 is 0 Å². The first-order valence-electron chi connectivity index (χ1n) is 6.87. The van der Waals surface area contributed by atoms with Crippen LogP contribution in [0, 0.1) is 0 Å². The molecule has 0 unspecified atom stereocenters. The summed E-state index contributed by atoms with van der Waals surface area (Å²) >= 11 is 3.36. The summed E-state index contributed by atoms with van der Waals surface area (Å²) in [4.78, 5) is 12.1. The number of halogens is 1. The number of hydrogen-bond donors (Lipinski definition) is 1. The van der Waals surface area contributed by atoms with Crippen molar-refractivity contribution in [2.24, 2.45) is 0 Å². The van der Waals surface area contributed by atoms with Gasteiger partial charge in [0.1, 0.15) is 5.75 Å². The molecular weight excluding hydrogens is 350 g/mol. The molecule has 0 fully saturated rings. The molecular formula is C15H18BrN3O3. The number of nitrogens with zero attached hydrogens (tertiary/aromatic N) is 2. The van der Waals surface area contributed by atoms with Crippen LogP contribution in [0.1, 0.15) is 10.4 Å². The highest BCUT2D eigenvalue weighted by Gasteiger charge is 2.10. The molecule has 0 saturated heterocycles. The highest BCUT2D eigenvalue weighted by Crippen LogP contribution is 2.22. The van der Waals surface area contributed by atoms with E-state index in [-0.39, 0.29) is 5.91 Å². The van der Waals surface area contributed by atoms with Crippen molar-refractivity contribution in [3.63, 3.8) is 0 Å². The van der Waals surface area contributed by atoms with E-state index in [1.807, 2.05) is 12.3 Å². The van der Waals surface area contributed by atoms with Crippen molar-refractivity contribution in [3.8, 4) is 5.75 Å². The van der Waals surface area contributed by atoms with E-state index in [9.17, 15) is 4.79 Å². The average molecular weight is 368 g/mol. The largest absolute Gasteiger partial charge is 0.497 e. The van der Waals surface area contributed by atoms with E-state index in [0.717, 1.165) is 4.47 Å². The monoisotopic (exact) mass is 367 g/mol. The number of ether oxygens (including phenoxy) is 2. The van der Waals surface area contributed by atoms with Crippen LogP contribution in [0.3, 0.4) is 0 Å². The minimum atomic E-state index is -0.165. The summed E-state index contributed by atoms with van der Waals surface area (Å²) in [5.74, 6) is 0.477. The molecule has 1 N–H and O–H groups in total. The molecule has 2 aromatic rings. The fourth-order valence-corrected chi connectivity index (χ4v) is 2.26. The van der Waals surface area contributed by atoms with Gasteiger partial charge in [0.25, 0.3) is 5.91 Å². The van der Waals surface area contributed by atoms with Gasteiger partial charge in [-0.3, -0.25) is 9.48 Å². The number of aromatic nitrogens is 2. The zero-order valence-corrected chi connectivity index (χ0v) is 13.9. The SMILES string of the molecule is COc1ccc(Br)c(C(=O)NCCOCCn2cccn2)c1. The summed E-state index contributed by atoms with van der Waals surface area (Å²) < 4.78 is 13.1. The van der Waals surface area contributed by atoms with Gasteiger partial charge in [0.2, 0.25) is 0 Å². The zero-order chi connectivity index (χ0) is 15.8. The Morgan fingerprint density at radius 1 is 1.41 bits per heavy atom. The standard InChI is InChI=1S/C15H18BrN3O3/c1-21-12-3-4-14(16)13(11-12)15(20)17-6-9-22-10-8-19-7-2-5-18-19/h2-5,7,11H,6,8-10H2,1H3,(H,17,20). The molecule has 22 heavy (non-hydrogen) atoms. The van der Waals surface area contributed by atoms with Crippen LogP contribution < -0.4 is 10.1 Å². The Morgan fingerprint density at radius 3 is 3.00 bits per heavy atom. The van der Waals surface area contributed by atoms with Crippen LogP contribution in [0.2, 0.25) is 0 Å². The van der Waals surface area contributed by atoms with Crippen LogP contribution in [-0.4, -0.2) is 42.6 Å². The van der Waals surface area contributed by atoms with Crippen LogP contribution in [0.5, 0.6) is 5.75 Å². The molecule has 0 atom stereocenters. The maximum absolute atomic E-state index is 12.1. The molecule has 6 nitrogen and oxygen atoms in total. The summed E-state index contributed by atoms with van der Waals surface area (Å²) in [6.07, 6.45) is 3.61. The number of amides is 1. The molecule has 7 heteroatoms. The lowest BCUT2D eigenvalue weighted by Crippen LogP contribution is -2.28. The lowest BCUT2D eigenvalue weighted by molar-refractivity contribution is 0.0905. The van der Waals surface area contributed by atoms with Gasteiger partial charge in [0, 0.05) is 23.4 Å². The van der Waals surface area contributed by atoms with Crippen molar-refractivity contribution in [1.82, 2.24) is 15.1 Å². The van der Waals surface area contributed by atoms with Gasteiger partial charge < -0.3 is 14.8 Å². The lowest BCUT2D eigenvalue weighted by atomic mass is 10.2. The van der Waals surface area contributed by atoms with Gasteiger partial charge in [0.15, 0.2) is 0 Å². The van der Waals surface area contributed by atoms with Gasteiger partial charge in [-0.25, -0.2) is 0 Å².